The number of hydrogen-bond donors (Lipinski definition) is 2. The third kappa shape index (κ3) is 5.28. The molecule has 2 rings (SSSR count). The molecule has 3 heteroatoms. The Labute approximate surface area is 129 Å². The van der Waals surface area contributed by atoms with E-state index in [-0.39, 0.29) is 6.10 Å². The number of aliphatic hydroxyl groups excluding tert-OH is 1. The normalized spacial score (nSPS) is 30.6. The van der Waals surface area contributed by atoms with Crippen LogP contribution in [0.5, 0.6) is 0 Å². The summed E-state index contributed by atoms with van der Waals surface area (Å²) < 4.78 is 0. The van der Waals surface area contributed by atoms with Gasteiger partial charge in [0.15, 0.2) is 0 Å². The molecule has 0 radical (unpaired) electrons. The van der Waals surface area contributed by atoms with Crippen molar-refractivity contribution in [2.24, 2.45) is 17.8 Å². The van der Waals surface area contributed by atoms with Crippen molar-refractivity contribution in [1.29, 1.82) is 0 Å². The van der Waals surface area contributed by atoms with Crippen molar-refractivity contribution in [3.63, 3.8) is 0 Å². The molecule has 0 amide bonds. The summed E-state index contributed by atoms with van der Waals surface area (Å²) in [7, 11) is 0. The summed E-state index contributed by atoms with van der Waals surface area (Å²) in [5.74, 6) is 1.47. The molecule has 0 spiro atoms. The van der Waals surface area contributed by atoms with E-state index in [0.29, 0.717) is 12.3 Å². The Morgan fingerprint density at radius 1 is 0.905 bits per heavy atom. The minimum Gasteiger partial charge on any atom is -0.481 e. The van der Waals surface area contributed by atoms with E-state index >= 15 is 0 Å². The monoisotopic (exact) mass is 296 g/mol. The average molecular weight is 296 g/mol. The number of carbonyl (C=O) groups is 1. The maximum Gasteiger partial charge on any atom is 0.303 e. The lowest BCUT2D eigenvalue weighted by Gasteiger charge is -2.32. The summed E-state index contributed by atoms with van der Waals surface area (Å²) in [5, 5.41) is 18.9. The van der Waals surface area contributed by atoms with Crippen LogP contribution in [-0.2, 0) is 4.79 Å². The van der Waals surface area contributed by atoms with Crippen LogP contribution >= 0.6 is 0 Å². The van der Waals surface area contributed by atoms with Gasteiger partial charge in [0.1, 0.15) is 0 Å². The summed E-state index contributed by atoms with van der Waals surface area (Å²) in [6, 6.07) is 0. The average Bonchev–Trinajstić information content (AvgIpc) is 2.84. The zero-order chi connectivity index (χ0) is 15.1. The SMILES string of the molecule is O=C(O)CCCCCC[C@@H]1[C@@H](O)CC[C@H]1C1CCCCC1. The second kappa shape index (κ2) is 8.77. The number of carboxylic acid groups (broad SMARTS) is 1. The van der Waals surface area contributed by atoms with Gasteiger partial charge >= 0.3 is 5.97 Å². The van der Waals surface area contributed by atoms with Gasteiger partial charge in [0, 0.05) is 6.42 Å². The molecule has 0 bridgehead atoms. The van der Waals surface area contributed by atoms with Crippen LogP contribution in [0.25, 0.3) is 0 Å². The van der Waals surface area contributed by atoms with E-state index in [9.17, 15) is 9.90 Å². The van der Waals surface area contributed by atoms with Crippen LogP contribution < -0.4 is 0 Å². The van der Waals surface area contributed by atoms with E-state index in [0.717, 1.165) is 50.4 Å². The highest BCUT2D eigenvalue weighted by atomic mass is 16.4. The molecule has 2 aliphatic carbocycles. The topological polar surface area (TPSA) is 57.5 Å². The lowest BCUT2D eigenvalue weighted by atomic mass is 9.74. The number of unbranched alkanes of at least 4 members (excludes halogenated alkanes) is 3. The Morgan fingerprint density at radius 2 is 1.62 bits per heavy atom. The van der Waals surface area contributed by atoms with Gasteiger partial charge < -0.3 is 10.2 Å². The standard InChI is InChI=1S/C18H32O3/c19-17-13-12-15(14-8-4-3-5-9-14)16(17)10-6-1-2-7-11-18(20)21/h14-17,19H,1-13H2,(H,20,21)/t15-,16-,17-/m0/s1. The van der Waals surface area contributed by atoms with Crippen LogP contribution in [0, 0.1) is 17.8 Å². The highest BCUT2D eigenvalue weighted by molar-refractivity contribution is 5.66. The summed E-state index contributed by atoms with van der Waals surface area (Å²) in [6.07, 6.45) is 14.6. The molecule has 3 atom stereocenters. The Hall–Kier alpha value is -0.570. The zero-order valence-electron chi connectivity index (χ0n) is 13.3. The third-order valence-corrected chi connectivity index (χ3v) is 5.77. The first-order valence-electron chi connectivity index (χ1n) is 9.08. The molecule has 0 saturated heterocycles. The van der Waals surface area contributed by atoms with Crippen molar-refractivity contribution in [3.05, 3.63) is 0 Å². The van der Waals surface area contributed by atoms with Crippen molar-refractivity contribution in [2.75, 3.05) is 0 Å². The smallest absolute Gasteiger partial charge is 0.303 e. The van der Waals surface area contributed by atoms with Gasteiger partial charge in [-0.05, 0) is 43.4 Å². The Kier molecular flexibility index (Phi) is 7.01. The number of hydrogen-bond acceptors (Lipinski definition) is 2. The highest BCUT2D eigenvalue weighted by Gasteiger charge is 2.38. The predicted molar refractivity (Wildman–Crippen MR) is 84.1 cm³/mol. The molecule has 0 aromatic carbocycles. The lowest BCUT2D eigenvalue weighted by Crippen LogP contribution is -2.26. The van der Waals surface area contributed by atoms with Gasteiger partial charge in [0.05, 0.1) is 6.10 Å². The summed E-state index contributed by atoms with van der Waals surface area (Å²) in [6.45, 7) is 0. The van der Waals surface area contributed by atoms with Gasteiger partial charge in [0.2, 0.25) is 0 Å². The number of carboxylic acids is 1. The van der Waals surface area contributed by atoms with Crippen molar-refractivity contribution in [2.45, 2.75) is 89.6 Å². The highest BCUT2D eigenvalue weighted by Crippen LogP contribution is 2.45. The van der Waals surface area contributed by atoms with E-state index in [4.69, 9.17) is 5.11 Å². The molecule has 0 heterocycles. The molecule has 2 N–H and O–H groups in total. The zero-order valence-corrected chi connectivity index (χ0v) is 13.3. The Bertz CT molecular complexity index is 310. The van der Waals surface area contributed by atoms with Crippen molar-refractivity contribution >= 4 is 5.97 Å². The van der Waals surface area contributed by atoms with E-state index in [2.05, 4.69) is 0 Å². The van der Waals surface area contributed by atoms with E-state index < -0.39 is 5.97 Å². The molecule has 21 heavy (non-hydrogen) atoms. The number of aliphatic carboxylic acids is 1. The Morgan fingerprint density at radius 3 is 2.33 bits per heavy atom. The second-order valence-electron chi connectivity index (χ2n) is 7.22. The van der Waals surface area contributed by atoms with Crippen LogP contribution in [0.2, 0.25) is 0 Å². The van der Waals surface area contributed by atoms with Crippen LogP contribution in [0.3, 0.4) is 0 Å². The summed E-state index contributed by atoms with van der Waals surface area (Å²) in [5.41, 5.74) is 0. The number of rotatable bonds is 8. The molecule has 2 saturated carbocycles. The number of aliphatic hydroxyl groups is 1. The lowest BCUT2D eigenvalue weighted by molar-refractivity contribution is -0.137. The predicted octanol–water partition coefficient (Wildman–Crippen LogP) is 4.38. The molecule has 0 aromatic heterocycles. The molecule has 0 aromatic rings. The Balaban J connectivity index is 1.68. The molecule has 122 valence electrons. The van der Waals surface area contributed by atoms with E-state index in [1.54, 1.807) is 0 Å². The third-order valence-electron chi connectivity index (χ3n) is 5.77. The quantitative estimate of drug-likeness (QED) is 0.654. The minimum absolute atomic E-state index is 0.0732. The largest absolute Gasteiger partial charge is 0.481 e. The molecule has 3 nitrogen and oxygen atoms in total. The van der Waals surface area contributed by atoms with Crippen LogP contribution in [0.4, 0.5) is 0 Å². The molecule has 2 fully saturated rings. The minimum atomic E-state index is -0.682. The molecule has 0 unspecified atom stereocenters. The first-order chi connectivity index (χ1) is 10.2. The maximum atomic E-state index is 10.5. The first kappa shape index (κ1) is 16.8. The summed E-state index contributed by atoms with van der Waals surface area (Å²) >= 11 is 0. The van der Waals surface area contributed by atoms with Crippen molar-refractivity contribution in [3.8, 4) is 0 Å². The van der Waals surface area contributed by atoms with Gasteiger partial charge in [-0.25, -0.2) is 0 Å². The molecular weight excluding hydrogens is 264 g/mol. The van der Waals surface area contributed by atoms with Gasteiger partial charge in [-0.2, -0.15) is 0 Å². The first-order valence-corrected chi connectivity index (χ1v) is 9.08. The van der Waals surface area contributed by atoms with E-state index in [1.165, 1.54) is 38.5 Å². The fraction of sp³-hybridized carbons (Fsp3) is 0.944. The fourth-order valence-electron chi connectivity index (χ4n) is 4.64. The fourth-order valence-corrected chi connectivity index (χ4v) is 4.64. The van der Waals surface area contributed by atoms with Crippen LogP contribution in [0.1, 0.15) is 83.5 Å². The van der Waals surface area contributed by atoms with Gasteiger partial charge in [-0.3, -0.25) is 4.79 Å². The van der Waals surface area contributed by atoms with Gasteiger partial charge in [0.25, 0.3) is 0 Å². The maximum absolute atomic E-state index is 10.5. The molecular formula is C18H32O3. The van der Waals surface area contributed by atoms with Crippen molar-refractivity contribution in [1.82, 2.24) is 0 Å². The van der Waals surface area contributed by atoms with Crippen LogP contribution in [0.15, 0.2) is 0 Å². The summed E-state index contributed by atoms with van der Waals surface area (Å²) in [4.78, 5) is 10.5. The van der Waals surface area contributed by atoms with E-state index in [1.807, 2.05) is 0 Å². The molecule has 2 aliphatic rings. The van der Waals surface area contributed by atoms with Gasteiger partial charge in [-0.15, -0.1) is 0 Å². The van der Waals surface area contributed by atoms with Gasteiger partial charge in [-0.1, -0.05) is 51.4 Å². The molecule has 0 aliphatic heterocycles. The van der Waals surface area contributed by atoms with Crippen LogP contribution in [-0.4, -0.2) is 22.3 Å². The van der Waals surface area contributed by atoms with Crippen molar-refractivity contribution < 1.29 is 15.0 Å². The second-order valence-corrected chi connectivity index (χ2v) is 7.22.